The number of benzene rings is 1. The molecule has 31 heavy (non-hydrogen) atoms. The van der Waals surface area contributed by atoms with Gasteiger partial charge in [-0.2, -0.15) is 18.3 Å². The van der Waals surface area contributed by atoms with Gasteiger partial charge in [0.15, 0.2) is 5.69 Å². The Labute approximate surface area is 173 Å². The highest BCUT2D eigenvalue weighted by Crippen LogP contribution is 2.33. The molecule has 0 bridgehead atoms. The summed E-state index contributed by atoms with van der Waals surface area (Å²) in [5.41, 5.74) is -0.554. The second-order valence-corrected chi connectivity index (χ2v) is 6.87. The molecule has 0 saturated carbocycles. The van der Waals surface area contributed by atoms with Crippen LogP contribution in [-0.4, -0.2) is 44.8 Å². The molecule has 3 aromatic rings. The molecule has 0 radical (unpaired) electrons. The summed E-state index contributed by atoms with van der Waals surface area (Å²) in [6, 6.07) is 3.69. The van der Waals surface area contributed by atoms with Gasteiger partial charge in [-0.1, -0.05) is 0 Å². The van der Waals surface area contributed by atoms with Crippen molar-refractivity contribution in [1.29, 1.82) is 0 Å². The molecule has 1 N–H and O–H groups in total. The fraction of sp³-hybridized carbons (Fsp3) is 0.263. The quantitative estimate of drug-likeness (QED) is 0.620. The van der Waals surface area contributed by atoms with Crippen LogP contribution in [-0.2, 0) is 13.2 Å². The number of aromatic nitrogens is 4. The molecule has 2 aromatic heterocycles. The van der Waals surface area contributed by atoms with E-state index < -0.39 is 29.6 Å². The second-order valence-electron chi connectivity index (χ2n) is 6.87. The number of carbonyl (C=O) groups excluding carboxylic acids is 1. The van der Waals surface area contributed by atoms with E-state index in [1.54, 1.807) is 18.0 Å². The lowest BCUT2D eigenvalue weighted by atomic mass is 10.1. The maximum absolute atomic E-state index is 13.5. The van der Waals surface area contributed by atoms with Crippen LogP contribution in [0.15, 0.2) is 43.0 Å². The lowest BCUT2D eigenvalue weighted by Gasteiger charge is -2.40. The Hall–Kier alpha value is -3.70. The van der Waals surface area contributed by atoms with Crippen molar-refractivity contribution < 1.29 is 27.1 Å². The number of ether oxygens (including phenoxy) is 1. The number of hydrogen-bond donors (Lipinski definition) is 1. The number of aryl methyl sites for hydroxylation is 1. The van der Waals surface area contributed by atoms with Crippen LogP contribution in [0.3, 0.4) is 0 Å². The number of halogens is 4. The molecule has 0 atom stereocenters. The summed E-state index contributed by atoms with van der Waals surface area (Å²) in [6.45, 7) is 0.522. The van der Waals surface area contributed by atoms with Crippen LogP contribution in [0.5, 0.6) is 5.75 Å². The average Bonchev–Trinajstić information content (AvgIpc) is 3.08. The molecular formula is C19H16F4N6O2. The van der Waals surface area contributed by atoms with E-state index in [1.807, 2.05) is 0 Å². The fourth-order valence-electron chi connectivity index (χ4n) is 3.10. The van der Waals surface area contributed by atoms with Gasteiger partial charge in [0.25, 0.3) is 5.91 Å². The van der Waals surface area contributed by atoms with E-state index in [1.165, 1.54) is 23.4 Å². The zero-order valence-corrected chi connectivity index (χ0v) is 16.1. The van der Waals surface area contributed by atoms with Gasteiger partial charge in [-0.3, -0.25) is 9.48 Å². The van der Waals surface area contributed by atoms with Crippen LogP contribution in [0, 0.1) is 5.82 Å². The summed E-state index contributed by atoms with van der Waals surface area (Å²) in [6.07, 6.45) is -0.934. The van der Waals surface area contributed by atoms with Crippen molar-refractivity contribution >= 4 is 17.4 Å². The van der Waals surface area contributed by atoms with Gasteiger partial charge in [0.1, 0.15) is 29.8 Å². The van der Waals surface area contributed by atoms with Gasteiger partial charge in [0.2, 0.25) is 0 Å². The van der Waals surface area contributed by atoms with Gasteiger partial charge < -0.3 is 15.0 Å². The number of rotatable bonds is 5. The fourth-order valence-corrected chi connectivity index (χ4v) is 3.10. The van der Waals surface area contributed by atoms with Crippen molar-refractivity contribution in [1.82, 2.24) is 19.7 Å². The first-order chi connectivity index (χ1) is 14.7. The van der Waals surface area contributed by atoms with Gasteiger partial charge in [-0.25, -0.2) is 14.4 Å². The molecule has 1 aromatic carbocycles. The van der Waals surface area contributed by atoms with Crippen molar-refractivity contribution in [2.45, 2.75) is 12.3 Å². The molecule has 4 rings (SSSR count). The van der Waals surface area contributed by atoms with Crippen molar-refractivity contribution in [2.24, 2.45) is 7.05 Å². The van der Waals surface area contributed by atoms with Crippen LogP contribution in [0.1, 0.15) is 16.1 Å². The number of amides is 1. The Bertz CT molecular complexity index is 1110. The molecule has 1 aliphatic heterocycles. The third-order valence-corrected chi connectivity index (χ3v) is 4.66. The van der Waals surface area contributed by atoms with E-state index in [9.17, 15) is 22.4 Å². The predicted molar refractivity (Wildman–Crippen MR) is 101 cm³/mol. The average molecular weight is 436 g/mol. The maximum atomic E-state index is 13.5. The lowest BCUT2D eigenvalue weighted by molar-refractivity contribution is -0.137. The topological polar surface area (TPSA) is 85.2 Å². The number of anilines is 2. The summed E-state index contributed by atoms with van der Waals surface area (Å²) in [5.74, 6) is -1.24. The molecule has 3 heterocycles. The summed E-state index contributed by atoms with van der Waals surface area (Å²) in [5, 5.41) is 6.66. The number of nitrogens with one attached hydrogen (secondary N) is 1. The molecule has 1 aliphatic rings. The highest BCUT2D eigenvalue weighted by atomic mass is 19.4. The summed E-state index contributed by atoms with van der Waals surface area (Å²) in [7, 11) is 1.67. The van der Waals surface area contributed by atoms with Gasteiger partial charge in [-0.15, -0.1) is 0 Å². The minimum atomic E-state index is -4.68. The summed E-state index contributed by atoms with van der Waals surface area (Å²) in [4.78, 5) is 22.3. The van der Waals surface area contributed by atoms with Crippen molar-refractivity contribution in [2.75, 3.05) is 23.3 Å². The molecule has 1 saturated heterocycles. The molecule has 12 heteroatoms. The SMILES string of the molecule is Cn1nccc1NC(=O)c1ncncc1N1CC(Oc2cc(F)cc(C(F)(F)F)c2)C1. The van der Waals surface area contributed by atoms with Gasteiger partial charge in [-0.05, 0) is 12.1 Å². The zero-order valence-electron chi connectivity index (χ0n) is 16.1. The van der Waals surface area contributed by atoms with Gasteiger partial charge >= 0.3 is 6.18 Å². The van der Waals surface area contributed by atoms with Gasteiger partial charge in [0, 0.05) is 19.2 Å². The molecule has 0 spiro atoms. The van der Waals surface area contributed by atoms with E-state index in [4.69, 9.17) is 4.74 Å². The second kappa shape index (κ2) is 7.85. The van der Waals surface area contributed by atoms with Crippen LogP contribution in [0.25, 0.3) is 0 Å². The zero-order chi connectivity index (χ0) is 22.2. The van der Waals surface area contributed by atoms with Crippen molar-refractivity contribution in [3.8, 4) is 5.75 Å². The standard InChI is InChI=1S/C19H16F4N6O2/c1-28-16(2-3-26-28)27-18(30)17-15(7-24-10-25-17)29-8-14(9-29)31-13-5-11(19(21,22)23)4-12(20)6-13/h2-7,10,14H,8-9H2,1H3,(H,27,30). The maximum Gasteiger partial charge on any atom is 0.416 e. The highest BCUT2D eigenvalue weighted by Gasteiger charge is 2.34. The largest absolute Gasteiger partial charge is 0.487 e. The highest BCUT2D eigenvalue weighted by molar-refractivity contribution is 6.06. The number of hydrogen-bond acceptors (Lipinski definition) is 6. The Morgan fingerprint density at radius 3 is 2.71 bits per heavy atom. The molecule has 162 valence electrons. The summed E-state index contributed by atoms with van der Waals surface area (Å²) >= 11 is 0. The van der Waals surface area contributed by atoms with E-state index in [0.29, 0.717) is 17.6 Å². The normalized spacial score (nSPS) is 14.3. The van der Waals surface area contributed by atoms with E-state index in [-0.39, 0.29) is 24.5 Å². The van der Waals surface area contributed by atoms with Crippen molar-refractivity contribution in [3.63, 3.8) is 0 Å². The molecule has 0 aliphatic carbocycles. The predicted octanol–water partition coefficient (Wildman–Crippen LogP) is 2.89. The van der Waals surface area contributed by atoms with Crippen LogP contribution in [0.2, 0.25) is 0 Å². The number of alkyl halides is 3. The first-order valence-electron chi connectivity index (χ1n) is 9.09. The number of carbonyl (C=O) groups is 1. The van der Waals surface area contributed by atoms with E-state index in [2.05, 4.69) is 20.4 Å². The molecule has 8 nitrogen and oxygen atoms in total. The van der Waals surface area contributed by atoms with Crippen LogP contribution < -0.4 is 15.0 Å². The first kappa shape index (κ1) is 20.6. The Balaban J connectivity index is 1.44. The first-order valence-corrected chi connectivity index (χ1v) is 9.09. The minimum Gasteiger partial charge on any atom is -0.487 e. The molecule has 1 fully saturated rings. The monoisotopic (exact) mass is 436 g/mol. The summed E-state index contributed by atoms with van der Waals surface area (Å²) < 4.78 is 59.1. The Kier molecular flexibility index (Phi) is 5.21. The van der Waals surface area contributed by atoms with Gasteiger partial charge in [0.05, 0.1) is 36.7 Å². The molecular weight excluding hydrogens is 420 g/mol. The van der Waals surface area contributed by atoms with Crippen molar-refractivity contribution in [3.05, 3.63) is 60.1 Å². The lowest BCUT2D eigenvalue weighted by Crippen LogP contribution is -2.54. The Morgan fingerprint density at radius 1 is 1.26 bits per heavy atom. The minimum absolute atomic E-state index is 0.125. The Morgan fingerprint density at radius 2 is 2.03 bits per heavy atom. The van der Waals surface area contributed by atoms with E-state index >= 15 is 0 Å². The van der Waals surface area contributed by atoms with E-state index in [0.717, 1.165) is 12.1 Å². The van der Waals surface area contributed by atoms with Crippen LogP contribution in [0.4, 0.5) is 29.1 Å². The third kappa shape index (κ3) is 4.42. The molecule has 1 amide bonds. The smallest absolute Gasteiger partial charge is 0.416 e. The third-order valence-electron chi connectivity index (χ3n) is 4.66. The number of nitrogens with zero attached hydrogens (tertiary/aromatic N) is 5. The van der Waals surface area contributed by atoms with Crippen LogP contribution >= 0.6 is 0 Å². The molecule has 0 unspecified atom stereocenters.